The van der Waals surface area contributed by atoms with E-state index in [1.165, 1.54) is 16.9 Å². The molecule has 1 aromatic heterocycles. The highest BCUT2D eigenvalue weighted by Gasteiger charge is 2.19. The van der Waals surface area contributed by atoms with Crippen molar-refractivity contribution in [2.45, 2.75) is 6.54 Å². The molecule has 4 rings (SSSR count). The zero-order valence-electron chi connectivity index (χ0n) is 16.8. The molecule has 1 fully saturated rings. The van der Waals surface area contributed by atoms with Crippen LogP contribution in [0.15, 0.2) is 66.7 Å². The Balaban J connectivity index is 1.22. The maximum Gasteiger partial charge on any atom is 0.286 e. The molecule has 0 radical (unpaired) electrons. The number of nitrogens with zero attached hydrogens (tertiary/aromatic N) is 4. The third-order valence-corrected chi connectivity index (χ3v) is 5.90. The Morgan fingerprint density at radius 2 is 1.60 bits per heavy atom. The smallest absolute Gasteiger partial charge is 0.286 e. The van der Waals surface area contributed by atoms with Crippen molar-refractivity contribution < 1.29 is 4.79 Å². The van der Waals surface area contributed by atoms with Crippen LogP contribution in [0.1, 0.15) is 20.4 Å². The van der Waals surface area contributed by atoms with Gasteiger partial charge >= 0.3 is 0 Å². The van der Waals surface area contributed by atoms with Gasteiger partial charge in [0.05, 0.1) is 6.54 Å². The van der Waals surface area contributed by atoms with Crippen molar-refractivity contribution in [1.82, 2.24) is 20.0 Å². The molecule has 0 saturated carbocycles. The van der Waals surface area contributed by atoms with Gasteiger partial charge in [-0.2, -0.15) is 0 Å². The lowest BCUT2D eigenvalue weighted by molar-refractivity contribution is 0.102. The standard InChI is InChI=1S/C23H25N5OS/c29-22(24-20-11-5-2-6-12-20)23-26-25-21(30-23)18-28-16-14-27(15-17-28)13-7-10-19-8-3-1-4-9-19/h1-12H,13-18H2,(H,24,29)/b10-7+. The number of carbonyl (C=O) groups excluding carboxylic acids is 1. The van der Waals surface area contributed by atoms with Gasteiger partial charge in [-0.3, -0.25) is 14.6 Å². The lowest BCUT2D eigenvalue weighted by Gasteiger charge is -2.33. The number of benzene rings is 2. The van der Waals surface area contributed by atoms with Crippen molar-refractivity contribution >= 4 is 29.0 Å². The van der Waals surface area contributed by atoms with E-state index < -0.39 is 0 Å². The number of carbonyl (C=O) groups is 1. The second-order valence-electron chi connectivity index (χ2n) is 7.21. The normalized spacial score (nSPS) is 15.5. The summed E-state index contributed by atoms with van der Waals surface area (Å²) < 4.78 is 0. The van der Waals surface area contributed by atoms with E-state index >= 15 is 0 Å². The third kappa shape index (κ3) is 5.82. The highest BCUT2D eigenvalue weighted by Crippen LogP contribution is 2.16. The Hall–Kier alpha value is -2.87. The summed E-state index contributed by atoms with van der Waals surface area (Å²) in [5, 5.41) is 12.4. The summed E-state index contributed by atoms with van der Waals surface area (Å²) in [5.41, 5.74) is 2.00. The van der Waals surface area contributed by atoms with E-state index in [9.17, 15) is 4.79 Å². The van der Waals surface area contributed by atoms with Crippen molar-refractivity contribution in [2.75, 3.05) is 38.0 Å². The van der Waals surface area contributed by atoms with Crippen molar-refractivity contribution in [1.29, 1.82) is 0 Å². The molecule has 154 valence electrons. The van der Waals surface area contributed by atoms with Gasteiger partial charge in [-0.05, 0) is 17.7 Å². The number of piperazine rings is 1. The second kappa shape index (κ2) is 10.2. The average Bonchev–Trinajstić information content (AvgIpc) is 3.25. The van der Waals surface area contributed by atoms with Gasteiger partial charge in [0.15, 0.2) is 0 Å². The molecule has 6 nitrogen and oxygen atoms in total. The highest BCUT2D eigenvalue weighted by atomic mass is 32.1. The van der Waals surface area contributed by atoms with Crippen LogP contribution in [0.2, 0.25) is 0 Å². The van der Waals surface area contributed by atoms with Crippen LogP contribution < -0.4 is 5.32 Å². The molecule has 0 aliphatic carbocycles. The van der Waals surface area contributed by atoms with E-state index in [-0.39, 0.29) is 5.91 Å². The number of amides is 1. The number of nitrogens with one attached hydrogen (secondary N) is 1. The van der Waals surface area contributed by atoms with E-state index in [0.717, 1.165) is 50.0 Å². The van der Waals surface area contributed by atoms with E-state index in [2.05, 4.69) is 61.7 Å². The molecule has 0 atom stereocenters. The summed E-state index contributed by atoms with van der Waals surface area (Å²) in [6, 6.07) is 19.8. The number of para-hydroxylation sites is 1. The summed E-state index contributed by atoms with van der Waals surface area (Å²) >= 11 is 1.37. The van der Waals surface area contributed by atoms with Crippen LogP contribution in [0.5, 0.6) is 0 Å². The Labute approximate surface area is 180 Å². The zero-order valence-corrected chi connectivity index (χ0v) is 17.6. The number of aromatic nitrogens is 2. The van der Waals surface area contributed by atoms with E-state index in [1.807, 2.05) is 36.4 Å². The summed E-state index contributed by atoms with van der Waals surface area (Å²) in [6.07, 6.45) is 4.41. The summed E-state index contributed by atoms with van der Waals surface area (Å²) in [7, 11) is 0. The molecule has 30 heavy (non-hydrogen) atoms. The molecule has 1 aliphatic rings. The van der Waals surface area contributed by atoms with Crippen LogP contribution in [0.3, 0.4) is 0 Å². The first-order valence-corrected chi connectivity index (χ1v) is 10.9. The fraction of sp³-hybridized carbons (Fsp3) is 0.261. The molecule has 1 saturated heterocycles. The fourth-order valence-electron chi connectivity index (χ4n) is 3.34. The molecule has 0 bridgehead atoms. The largest absolute Gasteiger partial charge is 0.320 e. The first kappa shape index (κ1) is 20.4. The highest BCUT2D eigenvalue weighted by molar-refractivity contribution is 7.13. The molecule has 3 aromatic rings. The SMILES string of the molecule is O=C(Nc1ccccc1)c1nnc(CN2CCN(C/C=C/c3ccccc3)CC2)s1. The van der Waals surface area contributed by atoms with Crippen LogP contribution in [-0.2, 0) is 6.54 Å². The monoisotopic (exact) mass is 419 g/mol. The fourth-order valence-corrected chi connectivity index (χ4v) is 4.12. The van der Waals surface area contributed by atoms with E-state index in [1.54, 1.807) is 0 Å². The summed E-state index contributed by atoms with van der Waals surface area (Å²) in [5.74, 6) is -0.208. The lowest BCUT2D eigenvalue weighted by atomic mass is 10.2. The predicted octanol–water partition coefficient (Wildman–Crippen LogP) is 3.62. The Bertz CT molecular complexity index is 966. The van der Waals surface area contributed by atoms with E-state index in [0.29, 0.717) is 5.01 Å². The van der Waals surface area contributed by atoms with Crippen molar-refractivity contribution in [3.05, 3.63) is 82.3 Å². The Kier molecular flexibility index (Phi) is 6.97. The molecule has 2 heterocycles. The first-order valence-electron chi connectivity index (χ1n) is 10.1. The minimum Gasteiger partial charge on any atom is -0.320 e. The minimum atomic E-state index is -0.208. The van der Waals surface area contributed by atoms with Gasteiger partial charge in [-0.25, -0.2) is 0 Å². The number of hydrogen-bond donors (Lipinski definition) is 1. The van der Waals surface area contributed by atoms with Gasteiger partial charge in [-0.1, -0.05) is 72.0 Å². The van der Waals surface area contributed by atoms with Gasteiger partial charge < -0.3 is 5.32 Å². The molecule has 0 unspecified atom stereocenters. The van der Waals surface area contributed by atoms with Gasteiger partial charge in [0.25, 0.3) is 5.91 Å². The molecule has 7 heteroatoms. The van der Waals surface area contributed by atoms with Gasteiger partial charge in [0, 0.05) is 38.4 Å². The average molecular weight is 420 g/mol. The minimum absolute atomic E-state index is 0.208. The molecule has 0 spiro atoms. The van der Waals surface area contributed by atoms with Crippen LogP contribution in [0.25, 0.3) is 6.08 Å². The molecule has 1 aliphatic heterocycles. The van der Waals surface area contributed by atoms with Crippen LogP contribution >= 0.6 is 11.3 Å². The molecular weight excluding hydrogens is 394 g/mol. The number of hydrogen-bond acceptors (Lipinski definition) is 6. The van der Waals surface area contributed by atoms with Crippen molar-refractivity contribution in [3.8, 4) is 0 Å². The van der Waals surface area contributed by atoms with Crippen LogP contribution in [-0.4, -0.2) is 58.6 Å². The Morgan fingerprint density at radius 1 is 0.933 bits per heavy atom. The quantitative estimate of drug-likeness (QED) is 0.634. The molecular formula is C23H25N5OS. The maximum atomic E-state index is 12.3. The molecule has 2 aromatic carbocycles. The predicted molar refractivity (Wildman–Crippen MR) is 121 cm³/mol. The van der Waals surface area contributed by atoms with Crippen molar-refractivity contribution in [2.24, 2.45) is 0 Å². The van der Waals surface area contributed by atoms with Gasteiger partial charge in [-0.15, -0.1) is 10.2 Å². The van der Waals surface area contributed by atoms with Crippen LogP contribution in [0, 0.1) is 0 Å². The number of rotatable bonds is 7. The molecule has 1 N–H and O–H groups in total. The lowest BCUT2D eigenvalue weighted by Crippen LogP contribution is -2.45. The third-order valence-electron chi connectivity index (χ3n) is 4.99. The Morgan fingerprint density at radius 3 is 2.33 bits per heavy atom. The second-order valence-corrected chi connectivity index (χ2v) is 8.27. The van der Waals surface area contributed by atoms with E-state index in [4.69, 9.17) is 0 Å². The topological polar surface area (TPSA) is 61.4 Å². The van der Waals surface area contributed by atoms with Gasteiger partial charge in [0.1, 0.15) is 5.01 Å². The maximum absolute atomic E-state index is 12.3. The summed E-state index contributed by atoms with van der Waals surface area (Å²) in [4.78, 5) is 17.2. The van der Waals surface area contributed by atoms with Crippen LogP contribution in [0.4, 0.5) is 5.69 Å². The molecule has 1 amide bonds. The number of anilines is 1. The first-order chi connectivity index (χ1) is 14.8. The van der Waals surface area contributed by atoms with Crippen molar-refractivity contribution in [3.63, 3.8) is 0 Å². The zero-order chi connectivity index (χ0) is 20.6. The summed E-state index contributed by atoms with van der Waals surface area (Å²) in [6.45, 7) is 5.74. The van der Waals surface area contributed by atoms with Gasteiger partial charge in [0.2, 0.25) is 5.01 Å².